The second-order valence-electron chi connectivity index (χ2n) is 3.91. The van der Waals surface area contributed by atoms with Crippen molar-refractivity contribution in [2.45, 2.75) is 0 Å². The molecule has 1 heterocycles. The Morgan fingerprint density at radius 2 is 2.10 bits per heavy atom. The highest BCUT2D eigenvalue weighted by atomic mass is 79.9. The van der Waals surface area contributed by atoms with E-state index < -0.39 is 17.6 Å². The van der Waals surface area contributed by atoms with Gasteiger partial charge in [0, 0.05) is 7.05 Å². The van der Waals surface area contributed by atoms with Gasteiger partial charge in [-0.3, -0.25) is 4.68 Å². The fourth-order valence-electron chi connectivity index (χ4n) is 1.81. The van der Waals surface area contributed by atoms with E-state index >= 15 is 0 Å². The first-order valence-electron chi connectivity index (χ1n) is 5.36. The molecular weight excluding hydrogens is 338 g/mol. The van der Waals surface area contributed by atoms with E-state index in [4.69, 9.17) is 9.84 Å². The first-order chi connectivity index (χ1) is 9.36. The number of carboxylic acid groups (broad SMARTS) is 1. The van der Waals surface area contributed by atoms with E-state index in [1.54, 1.807) is 0 Å². The Bertz CT molecular complexity index is 700. The first-order valence-corrected chi connectivity index (χ1v) is 6.15. The molecule has 0 amide bonds. The van der Waals surface area contributed by atoms with E-state index in [1.165, 1.54) is 14.2 Å². The van der Waals surface area contributed by atoms with Gasteiger partial charge < -0.3 is 9.84 Å². The molecule has 0 saturated heterocycles. The van der Waals surface area contributed by atoms with Crippen LogP contribution in [0.15, 0.2) is 16.6 Å². The lowest BCUT2D eigenvalue weighted by Gasteiger charge is -2.12. The van der Waals surface area contributed by atoms with Crippen molar-refractivity contribution in [2.75, 3.05) is 7.11 Å². The summed E-state index contributed by atoms with van der Waals surface area (Å²) in [4.78, 5) is 10.9. The van der Waals surface area contributed by atoms with Gasteiger partial charge in [0.1, 0.15) is 5.75 Å². The Balaban J connectivity index is 2.78. The van der Waals surface area contributed by atoms with Crippen molar-refractivity contribution < 1.29 is 23.4 Å². The minimum absolute atomic E-state index is 0.0591. The van der Waals surface area contributed by atoms with E-state index in [1.807, 2.05) is 0 Å². The summed E-state index contributed by atoms with van der Waals surface area (Å²) in [6.07, 6.45) is 0. The summed E-state index contributed by atoms with van der Waals surface area (Å²) < 4.78 is 34.0. The SMILES string of the molecule is COc1c(Br)cc(F)c(F)c1-c1cc(C(=O)O)nn1C. The average molecular weight is 347 g/mol. The molecule has 0 radical (unpaired) electrons. The van der Waals surface area contributed by atoms with Crippen molar-refractivity contribution in [3.63, 3.8) is 0 Å². The van der Waals surface area contributed by atoms with Gasteiger partial charge in [0.15, 0.2) is 17.3 Å². The number of ether oxygens (including phenoxy) is 1. The van der Waals surface area contributed by atoms with Gasteiger partial charge in [-0.2, -0.15) is 5.10 Å². The Hall–Kier alpha value is -1.96. The first kappa shape index (κ1) is 14.4. The Morgan fingerprint density at radius 1 is 1.45 bits per heavy atom. The van der Waals surface area contributed by atoms with E-state index in [-0.39, 0.29) is 27.2 Å². The number of halogens is 3. The maximum absolute atomic E-state index is 14.0. The molecule has 0 bridgehead atoms. The maximum atomic E-state index is 14.0. The van der Waals surface area contributed by atoms with Crippen LogP contribution < -0.4 is 4.74 Å². The molecule has 8 heteroatoms. The molecule has 0 aliphatic rings. The van der Waals surface area contributed by atoms with Crippen molar-refractivity contribution in [2.24, 2.45) is 7.05 Å². The molecule has 0 aliphatic carbocycles. The molecule has 20 heavy (non-hydrogen) atoms. The zero-order valence-electron chi connectivity index (χ0n) is 10.4. The van der Waals surface area contributed by atoms with Crippen LogP contribution in [-0.4, -0.2) is 28.0 Å². The largest absolute Gasteiger partial charge is 0.495 e. The zero-order chi connectivity index (χ0) is 15.0. The summed E-state index contributed by atoms with van der Waals surface area (Å²) in [5, 5.41) is 12.6. The van der Waals surface area contributed by atoms with Crippen molar-refractivity contribution >= 4 is 21.9 Å². The molecule has 1 aromatic carbocycles. The molecular formula is C12H9BrF2N2O3. The number of hydrogen-bond donors (Lipinski definition) is 1. The second kappa shape index (κ2) is 5.20. The van der Waals surface area contributed by atoms with Crippen LogP contribution in [0.1, 0.15) is 10.5 Å². The third-order valence-electron chi connectivity index (χ3n) is 2.69. The van der Waals surface area contributed by atoms with E-state index in [0.717, 1.165) is 16.8 Å². The minimum Gasteiger partial charge on any atom is -0.495 e. The Kier molecular flexibility index (Phi) is 3.76. The number of hydrogen-bond acceptors (Lipinski definition) is 3. The zero-order valence-corrected chi connectivity index (χ0v) is 12.0. The topological polar surface area (TPSA) is 64.3 Å². The van der Waals surface area contributed by atoms with E-state index in [0.29, 0.717) is 0 Å². The molecule has 0 saturated carbocycles. The van der Waals surface area contributed by atoms with Crippen LogP contribution in [0.25, 0.3) is 11.3 Å². The van der Waals surface area contributed by atoms with Crippen molar-refractivity contribution in [1.82, 2.24) is 9.78 Å². The fourth-order valence-corrected chi connectivity index (χ4v) is 2.37. The number of aromatic nitrogens is 2. The van der Waals surface area contributed by atoms with Crippen LogP contribution in [0.5, 0.6) is 5.75 Å². The summed E-state index contributed by atoms with van der Waals surface area (Å²) in [7, 11) is 2.73. The van der Waals surface area contributed by atoms with Gasteiger partial charge >= 0.3 is 5.97 Å². The lowest BCUT2D eigenvalue weighted by Crippen LogP contribution is -2.02. The molecule has 0 fully saturated rings. The summed E-state index contributed by atoms with van der Waals surface area (Å²) in [6, 6.07) is 2.08. The van der Waals surface area contributed by atoms with Crippen LogP contribution in [-0.2, 0) is 7.05 Å². The van der Waals surface area contributed by atoms with Crippen LogP contribution in [0, 0.1) is 11.6 Å². The highest BCUT2D eigenvalue weighted by Gasteiger charge is 2.24. The van der Waals surface area contributed by atoms with Crippen molar-refractivity contribution in [3.8, 4) is 17.0 Å². The number of carbonyl (C=O) groups is 1. The van der Waals surface area contributed by atoms with Crippen LogP contribution >= 0.6 is 15.9 Å². The highest BCUT2D eigenvalue weighted by Crippen LogP contribution is 2.39. The van der Waals surface area contributed by atoms with Gasteiger partial charge in [-0.25, -0.2) is 13.6 Å². The summed E-state index contributed by atoms with van der Waals surface area (Å²) >= 11 is 3.07. The highest BCUT2D eigenvalue weighted by molar-refractivity contribution is 9.10. The third-order valence-corrected chi connectivity index (χ3v) is 3.27. The predicted molar refractivity (Wildman–Crippen MR) is 69.8 cm³/mol. The van der Waals surface area contributed by atoms with E-state index in [2.05, 4.69) is 21.0 Å². The fraction of sp³-hybridized carbons (Fsp3) is 0.167. The van der Waals surface area contributed by atoms with Crippen molar-refractivity contribution in [1.29, 1.82) is 0 Å². The minimum atomic E-state index is -1.26. The number of aryl methyl sites for hydroxylation is 1. The van der Waals surface area contributed by atoms with Gasteiger partial charge in [-0.15, -0.1) is 0 Å². The lowest BCUT2D eigenvalue weighted by molar-refractivity contribution is 0.0689. The van der Waals surface area contributed by atoms with Gasteiger partial charge in [0.2, 0.25) is 0 Å². The van der Waals surface area contributed by atoms with Crippen molar-refractivity contribution in [3.05, 3.63) is 33.9 Å². The standard InChI is InChI=1S/C12H9BrF2N2O3/c1-17-8(4-7(16-17)12(18)19)9-10(15)6(14)3-5(13)11(9)20-2/h3-4H,1-2H3,(H,18,19). The number of carboxylic acids is 1. The van der Waals surface area contributed by atoms with Crippen LogP contribution in [0.4, 0.5) is 8.78 Å². The number of rotatable bonds is 3. The number of aromatic carboxylic acids is 1. The lowest BCUT2D eigenvalue weighted by atomic mass is 10.1. The molecule has 0 unspecified atom stereocenters. The normalized spacial score (nSPS) is 10.7. The monoisotopic (exact) mass is 346 g/mol. The molecule has 106 valence electrons. The van der Waals surface area contributed by atoms with Gasteiger partial charge in [-0.05, 0) is 28.1 Å². The van der Waals surface area contributed by atoms with Gasteiger partial charge in [0.25, 0.3) is 0 Å². The van der Waals surface area contributed by atoms with Crippen LogP contribution in [0.2, 0.25) is 0 Å². The summed E-state index contributed by atoms with van der Waals surface area (Å²) in [5.41, 5.74) is -0.372. The Labute approximate surface area is 120 Å². The molecule has 1 N–H and O–H groups in total. The number of nitrogens with zero attached hydrogens (tertiary/aromatic N) is 2. The van der Waals surface area contributed by atoms with Gasteiger partial charge in [-0.1, -0.05) is 0 Å². The molecule has 1 aromatic heterocycles. The predicted octanol–water partition coefficient (Wildman–Crippen LogP) is 2.83. The third kappa shape index (κ3) is 2.26. The maximum Gasteiger partial charge on any atom is 0.356 e. The molecule has 0 aliphatic heterocycles. The molecule has 0 spiro atoms. The molecule has 2 aromatic rings. The average Bonchev–Trinajstić information content (AvgIpc) is 2.75. The molecule has 5 nitrogen and oxygen atoms in total. The number of methoxy groups -OCH3 is 1. The van der Waals surface area contributed by atoms with Gasteiger partial charge in [0.05, 0.1) is 22.8 Å². The number of benzene rings is 1. The molecule has 2 rings (SSSR count). The van der Waals surface area contributed by atoms with E-state index in [9.17, 15) is 13.6 Å². The second-order valence-corrected chi connectivity index (χ2v) is 4.76. The molecule has 0 atom stereocenters. The summed E-state index contributed by atoms with van der Waals surface area (Å²) in [6.45, 7) is 0. The van der Waals surface area contributed by atoms with Crippen LogP contribution in [0.3, 0.4) is 0 Å². The Morgan fingerprint density at radius 3 is 2.60 bits per heavy atom. The summed E-state index contributed by atoms with van der Waals surface area (Å²) in [5.74, 6) is -3.42. The smallest absolute Gasteiger partial charge is 0.356 e. The quantitative estimate of drug-likeness (QED) is 0.868.